The Morgan fingerprint density at radius 1 is 0.867 bits per heavy atom. The fourth-order valence-corrected chi connectivity index (χ4v) is 1.58. The molecule has 15 heavy (non-hydrogen) atoms. The van der Waals surface area contributed by atoms with Crippen molar-refractivity contribution in [2.45, 2.75) is 12.8 Å². The lowest BCUT2D eigenvalue weighted by atomic mass is 10.5. The van der Waals surface area contributed by atoms with Crippen LogP contribution in [0.3, 0.4) is 0 Å². The van der Waals surface area contributed by atoms with E-state index in [2.05, 4.69) is 9.05 Å². The van der Waals surface area contributed by atoms with Gasteiger partial charge in [-0.3, -0.25) is 9.05 Å². The second-order valence-corrected chi connectivity index (χ2v) is 4.22. The lowest BCUT2D eigenvalue weighted by Gasteiger charge is -2.09. The summed E-state index contributed by atoms with van der Waals surface area (Å²) in [7, 11) is -1.05. The fraction of sp³-hybridized carbons (Fsp3) is 1.00. The smallest absolute Gasteiger partial charge is 0.385 e. The Morgan fingerprint density at radius 2 is 1.27 bits per heavy atom. The first-order chi connectivity index (χ1) is 7.12. The van der Waals surface area contributed by atoms with Crippen LogP contribution in [0.1, 0.15) is 12.8 Å². The molecule has 0 bridgehead atoms. The highest BCUT2D eigenvalue weighted by Crippen LogP contribution is 2.44. The van der Waals surface area contributed by atoms with E-state index in [1.807, 2.05) is 0 Å². The van der Waals surface area contributed by atoms with Crippen LogP contribution in [0.25, 0.3) is 0 Å². The minimum atomic E-state index is -4.13. The van der Waals surface area contributed by atoms with E-state index in [0.717, 1.165) is 0 Å². The Balaban J connectivity index is 3.45. The predicted molar refractivity (Wildman–Crippen MR) is 53.2 cm³/mol. The Kier molecular flexibility index (Phi) is 9.29. The van der Waals surface area contributed by atoms with Gasteiger partial charge in [0.05, 0.1) is 13.2 Å². The first-order valence-electron chi connectivity index (χ1n) is 4.70. The van der Waals surface area contributed by atoms with Crippen molar-refractivity contribution in [3.63, 3.8) is 0 Å². The van der Waals surface area contributed by atoms with Crippen molar-refractivity contribution in [2.75, 3.05) is 40.6 Å². The molecule has 0 aromatic carbocycles. The van der Waals surface area contributed by atoms with Gasteiger partial charge < -0.3 is 9.47 Å². The molecule has 91 valence electrons. The van der Waals surface area contributed by atoms with E-state index in [-0.39, 0.29) is 13.2 Å². The topological polar surface area (TPSA) is 73.9 Å². The van der Waals surface area contributed by atoms with Gasteiger partial charge in [0.2, 0.25) is 0 Å². The third-order valence-electron chi connectivity index (χ3n) is 1.48. The van der Waals surface area contributed by atoms with Gasteiger partial charge >= 0.3 is 7.82 Å². The molecule has 0 atom stereocenters. The van der Waals surface area contributed by atoms with E-state index < -0.39 is 7.82 Å². The van der Waals surface area contributed by atoms with Gasteiger partial charge in [-0.25, -0.2) is 4.57 Å². The summed E-state index contributed by atoms with van der Waals surface area (Å²) in [5, 5.41) is 0. The van der Waals surface area contributed by atoms with Crippen LogP contribution >= 0.6 is 7.82 Å². The molecule has 0 fully saturated rings. The van der Waals surface area contributed by atoms with Crippen LogP contribution in [0, 0.1) is 0 Å². The van der Waals surface area contributed by atoms with Crippen LogP contribution < -0.4 is 0 Å². The van der Waals surface area contributed by atoms with Crippen molar-refractivity contribution >= 4 is 7.82 Å². The third kappa shape index (κ3) is 10.3. The number of methoxy groups -OCH3 is 2. The van der Waals surface area contributed by atoms with Crippen LogP contribution in [0.15, 0.2) is 0 Å². The molecule has 0 saturated carbocycles. The largest absolute Gasteiger partial charge is 0.502 e. The highest BCUT2D eigenvalue weighted by molar-refractivity contribution is 7.47. The zero-order valence-corrected chi connectivity index (χ0v) is 10.0. The summed E-state index contributed by atoms with van der Waals surface area (Å²) < 4.78 is 29.7. The SMILES string of the molecule is COCCCOP([O])(=O)OCCCOC. The molecule has 0 aromatic rings. The van der Waals surface area contributed by atoms with Crippen molar-refractivity contribution in [1.82, 2.24) is 0 Å². The number of hydrogen-bond donors (Lipinski definition) is 0. The fourth-order valence-electron chi connectivity index (χ4n) is 0.797. The molecule has 1 radical (unpaired) electrons. The van der Waals surface area contributed by atoms with Crippen LogP contribution in [-0.4, -0.2) is 40.6 Å². The van der Waals surface area contributed by atoms with Gasteiger partial charge in [-0.05, 0) is 12.8 Å². The summed E-state index contributed by atoms with van der Waals surface area (Å²) in [5.74, 6) is 0. The monoisotopic (exact) mass is 241 g/mol. The maximum atomic E-state index is 11.1. The molecule has 0 aromatic heterocycles. The molecular weight excluding hydrogens is 223 g/mol. The van der Waals surface area contributed by atoms with E-state index in [1.54, 1.807) is 0 Å². The maximum Gasteiger partial charge on any atom is 0.502 e. The molecule has 0 unspecified atom stereocenters. The normalized spacial score (nSPS) is 11.9. The standard InChI is InChI=1S/C8H18O6P/c1-11-5-3-7-13-15(9,10)14-8-4-6-12-2/h3-8H2,1-2H3. The summed E-state index contributed by atoms with van der Waals surface area (Å²) in [4.78, 5) is 11.1. The van der Waals surface area contributed by atoms with E-state index in [0.29, 0.717) is 26.1 Å². The molecule has 0 amide bonds. The van der Waals surface area contributed by atoms with E-state index >= 15 is 0 Å². The quantitative estimate of drug-likeness (QED) is 0.429. The Morgan fingerprint density at radius 3 is 1.60 bits per heavy atom. The average molecular weight is 241 g/mol. The van der Waals surface area contributed by atoms with Crippen molar-refractivity contribution in [3.05, 3.63) is 0 Å². The Bertz CT molecular complexity index is 170. The molecular formula is C8H18O6P. The Hall–Kier alpha value is 0.0300. The zero-order valence-electron chi connectivity index (χ0n) is 9.14. The Labute approximate surface area is 90.1 Å². The summed E-state index contributed by atoms with van der Waals surface area (Å²) >= 11 is 0. The van der Waals surface area contributed by atoms with E-state index in [1.165, 1.54) is 14.2 Å². The summed E-state index contributed by atoms with van der Waals surface area (Å²) in [6.07, 6.45) is 1.04. The maximum absolute atomic E-state index is 11.1. The highest BCUT2D eigenvalue weighted by Gasteiger charge is 2.22. The van der Waals surface area contributed by atoms with Crippen molar-refractivity contribution in [1.29, 1.82) is 0 Å². The van der Waals surface area contributed by atoms with Crippen LogP contribution in [0.5, 0.6) is 0 Å². The predicted octanol–water partition coefficient (Wildman–Crippen LogP) is 1.63. The van der Waals surface area contributed by atoms with Crippen molar-refractivity contribution < 1.29 is 28.0 Å². The second-order valence-electron chi connectivity index (χ2n) is 2.81. The highest BCUT2D eigenvalue weighted by atomic mass is 31.2. The van der Waals surface area contributed by atoms with Crippen LogP contribution in [0.2, 0.25) is 0 Å². The molecule has 0 N–H and O–H groups in total. The lowest BCUT2D eigenvalue weighted by Crippen LogP contribution is -2.01. The summed E-state index contributed by atoms with van der Waals surface area (Å²) in [6.45, 7) is 1.09. The van der Waals surface area contributed by atoms with Gasteiger partial charge in [-0.2, -0.15) is 0 Å². The molecule has 0 aliphatic heterocycles. The first kappa shape index (κ1) is 15.0. The second kappa shape index (κ2) is 9.27. The summed E-state index contributed by atoms with van der Waals surface area (Å²) in [6, 6.07) is 0. The van der Waals surface area contributed by atoms with Gasteiger partial charge in [0.25, 0.3) is 0 Å². The molecule has 6 nitrogen and oxygen atoms in total. The first-order valence-corrected chi connectivity index (χ1v) is 6.16. The molecule has 0 aliphatic carbocycles. The lowest BCUT2D eigenvalue weighted by molar-refractivity contribution is 0.103. The summed E-state index contributed by atoms with van der Waals surface area (Å²) in [5.41, 5.74) is 0. The van der Waals surface area contributed by atoms with Crippen LogP contribution in [0.4, 0.5) is 0 Å². The van der Waals surface area contributed by atoms with Gasteiger partial charge in [0.15, 0.2) is 0 Å². The van der Waals surface area contributed by atoms with Gasteiger partial charge in [0.1, 0.15) is 0 Å². The minimum absolute atomic E-state index is 0.0822. The molecule has 7 heteroatoms. The van der Waals surface area contributed by atoms with E-state index in [9.17, 15) is 9.46 Å². The third-order valence-corrected chi connectivity index (χ3v) is 2.48. The van der Waals surface area contributed by atoms with Gasteiger partial charge in [0, 0.05) is 27.4 Å². The van der Waals surface area contributed by atoms with Gasteiger partial charge in [-0.1, -0.05) is 0 Å². The number of ether oxygens (including phenoxy) is 2. The average Bonchev–Trinajstić information content (AvgIpc) is 2.20. The van der Waals surface area contributed by atoms with Gasteiger partial charge in [-0.15, -0.1) is 4.89 Å². The molecule has 0 aliphatic rings. The van der Waals surface area contributed by atoms with Crippen molar-refractivity contribution in [2.24, 2.45) is 0 Å². The molecule has 0 saturated heterocycles. The molecule has 0 rings (SSSR count). The van der Waals surface area contributed by atoms with E-state index in [4.69, 9.17) is 9.47 Å². The zero-order chi connectivity index (χ0) is 11.6. The number of rotatable bonds is 10. The number of hydrogen-bond acceptors (Lipinski definition) is 5. The molecule has 0 spiro atoms. The van der Waals surface area contributed by atoms with Crippen molar-refractivity contribution in [3.8, 4) is 0 Å². The molecule has 0 heterocycles. The minimum Gasteiger partial charge on any atom is -0.385 e. The van der Waals surface area contributed by atoms with Crippen LogP contribution in [-0.2, 0) is 28.0 Å².